The Morgan fingerprint density at radius 2 is 2.00 bits per heavy atom. The van der Waals surface area contributed by atoms with E-state index in [9.17, 15) is 9.18 Å². The standard InChI is InChI=1S/C22H23FN4O2.C2H4O2/c1-12-6-7-15(17(23)8-12)16-9-20-19(10-18(16)24-14-4-3-5-14)27-13(2)22(28)26-25-21(27)11-29-20;1-2(3)4/h6-10,13-14,24H,3-5,11H2,1-2H3,(H,26,28);1H3,(H,3,4). The van der Waals surface area contributed by atoms with Crippen molar-refractivity contribution in [2.45, 2.75) is 52.1 Å². The molecule has 1 saturated carbocycles. The van der Waals surface area contributed by atoms with Crippen LogP contribution in [0.1, 0.15) is 38.7 Å². The molecular weight excluding hydrogens is 427 g/mol. The van der Waals surface area contributed by atoms with E-state index in [0.717, 1.165) is 42.3 Å². The number of nitrogens with zero attached hydrogens (tertiary/aromatic N) is 2. The van der Waals surface area contributed by atoms with Gasteiger partial charge in [0.25, 0.3) is 11.9 Å². The second-order valence-corrected chi connectivity index (χ2v) is 8.48. The maximum Gasteiger partial charge on any atom is 0.300 e. The Morgan fingerprint density at radius 1 is 1.27 bits per heavy atom. The summed E-state index contributed by atoms with van der Waals surface area (Å²) in [5, 5.41) is 15.1. The van der Waals surface area contributed by atoms with Crippen LogP contribution in [0.4, 0.5) is 15.8 Å². The summed E-state index contributed by atoms with van der Waals surface area (Å²) in [6, 6.07) is 9.08. The average molecular weight is 455 g/mol. The van der Waals surface area contributed by atoms with Crippen molar-refractivity contribution in [3.63, 3.8) is 0 Å². The molecule has 0 spiro atoms. The molecule has 0 saturated heterocycles. The Kier molecular flexibility index (Phi) is 6.22. The normalized spacial score (nSPS) is 18.9. The number of anilines is 2. The Bertz CT molecular complexity index is 1130. The highest BCUT2D eigenvalue weighted by Gasteiger charge is 2.36. The third-order valence-electron chi connectivity index (χ3n) is 5.93. The first kappa shape index (κ1) is 22.6. The number of hydrogen-bond acceptors (Lipinski definition) is 6. The number of aliphatic carboxylic acids is 1. The van der Waals surface area contributed by atoms with Gasteiger partial charge in [-0.15, -0.1) is 0 Å². The van der Waals surface area contributed by atoms with Gasteiger partial charge >= 0.3 is 0 Å². The Balaban J connectivity index is 0.000000601. The number of ether oxygens (including phenoxy) is 1. The Labute approximate surface area is 191 Å². The lowest BCUT2D eigenvalue weighted by Crippen LogP contribution is -2.55. The van der Waals surface area contributed by atoms with E-state index in [-0.39, 0.29) is 18.3 Å². The number of hydrazone groups is 1. The van der Waals surface area contributed by atoms with E-state index in [0.29, 0.717) is 23.2 Å². The highest BCUT2D eigenvalue weighted by molar-refractivity contribution is 6.10. The molecular formula is C24H27FN4O4. The summed E-state index contributed by atoms with van der Waals surface area (Å²) in [6.45, 7) is 5.05. The number of benzene rings is 2. The topological polar surface area (TPSA) is 103 Å². The summed E-state index contributed by atoms with van der Waals surface area (Å²) in [5.74, 6) is 0.0299. The highest BCUT2D eigenvalue weighted by Crippen LogP contribution is 2.44. The van der Waals surface area contributed by atoms with Gasteiger partial charge in [-0.25, -0.2) is 9.82 Å². The van der Waals surface area contributed by atoms with Crippen molar-refractivity contribution in [3.8, 4) is 16.9 Å². The van der Waals surface area contributed by atoms with Crippen LogP contribution in [-0.4, -0.2) is 41.5 Å². The Morgan fingerprint density at radius 3 is 2.64 bits per heavy atom. The SMILES string of the molecule is CC(=O)O.Cc1ccc(-c2cc3c(cc2NC2CCC2)N2C(=NNC(=O)C2C)CO3)c(F)c1. The van der Waals surface area contributed by atoms with E-state index in [1.807, 2.05) is 43.0 Å². The number of carboxylic acid groups (broad SMARTS) is 1. The lowest BCUT2D eigenvalue weighted by atomic mass is 9.91. The van der Waals surface area contributed by atoms with Crippen LogP contribution < -0.4 is 20.4 Å². The molecule has 2 aromatic carbocycles. The second kappa shape index (κ2) is 9.09. The summed E-state index contributed by atoms with van der Waals surface area (Å²) in [7, 11) is 0. The predicted molar refractivity (Wildman–Crippen MR) is 124 cm³/mol. The van der Waals surface area contributed by atoms with Gasteiger partial charge in [0.2, 0.25) is 0 Å². The van der Waals surface area contributed by atoms with Crippen LogP contribution >= 0.6 is 0 Å². The number of amides is 1. The maximum absolute atomic E-state index is 14.8. The zero-order valence-electron chi connectivity index (χ0n) is 18.8. The minimum absolute atomic E-state index is 0.163. The van der Waals surface area contributed by atoms with Crippen LogP contribution in [0.25, 0.3) is 11.1 Å². The van der Waals surface area contributed by atoms with Crippen LogP contribution in [0.5, 0.6) is 5.75 Å². The largest absolute Gasteiger partial charge is 0.483 e. The minimum atomic E-state index is -0.833. The average Bonchev–Trinajstić information content (AvgIpc) is 2.72. The van der Waals surface area contributed by atoms with E-state index < -0.39 is 12.0 Å². The van der Waals surface area contributed by atoms with Gasteiger partial charge in [-0.2, -0.15) is 5.10 Å². The molecule has 33 heavy (non-hydrogen) atoms. The molecule has 8 nitrogen and oxygen atoms in total. The van der Waals surface area contributed by atoms with Crippen LogP contribution in [0.15, 0.2) is 35.4 Å². The molecule has 1 unspecified atom stereocenters. The summed E-state index contributed by atoms with van der Waals surface area (Å²) in [6.07, 6.45) is 3.39. The van der Waals surface area contributed by atoms with Crippen molar-refractivity contribution < 1.29 is 23.8 Å². The van der Waals surface area contributed by atoms with E-state index >= 15 is 0 Å². The van der Waals surface area contributed by atoms with Crippen molar-refractivity contribution in [2.24, 2.45) is 5.10 Å². The molecule has 5 rings (SSSR count). The summed E-state index contributed by atoms with van der Waals surface area (Å²) >= 11 is 0. The molecule has 1 aliphatic carbocycles. The van der Waals surface area contributed by atoms with Crippen LogP contribution in [0.2, 0.25) is 0 Å². The number of aryl methyl sites for hydroxylation is 1. The smallest absolute Gasteiger partial charge is 0.300 e. The molecule has 0 aromatic heterocycles. The molecule has 1 atom stereocenters. The monoisotopic (exact) mass is 454 g/mol. The fourth-order valence-electron chi connectivity index (χ4n) is 4.03. The lowest BCUT2D eigenvalue weighted by Gasteiger charge is -2.39. The summed E-state index contributed by atoms with van der Waals surface area (Å²) in [5.41, 5.74) is 6.34. The van der Waals surface area contributed by atoms with Crippen LogP contribution in [-0.2, 0) is 9.59 Å². The third-order valence-corrected chi connectivity index (χ3v) is 5.93. The first-order chi connectivity index (χ1) is 15.7. The molecule has 174 valence electrons. The quantitative estimate of drug-likeness (QED) is 0.650. The van der Waals surface area contributed by atoms with Crippen molar-refractivity contribution in [1.29, 1.82) is 0 Å². The maximum atomic E-state index is 14.8. The van der Waals surface area contributed by atoms with Gasteiger partial charge in [-0.1, -0.05) is 12.1 Å². The molecule has 2 aromatic rings. The summed E-state index contributed by atoms with van der Waals surface area (Å²) < 4.78 is 20.7. The van der Waals surface area contributed by atoms with Gasteiger partial charge in [-0.3, -0.25) is 9.59 Å². The molecule has 2 aliphatic heterocycles. The molecule has 3 aliphatic rings. The van der Waals surface area contributed by atoms with E-state index in [1.165, 1.54) is 6.42 Å². The number of carboxylic acids is 1. The van der Waals surface area contributed by atoms with Crippen LogP contribution in [0.3, 0.4) is 0 Å². The van der Waals surface area contributed by atoms with Gasteiger partial charge in [-0.05, 0) is 56.9 Å². The van der Waals surface area contributed by atoms with E-state index in [2.05, 4.69) is 15.8 Å². The number of carbonyl (C=O) groups is 2. The van der Waals surface area contributed by atoms with Crippen molar-refractivity contribution in [2.75, 3.05) is 16.8 Å². The molecule has 2 heterocycles. The van der Waals surface area contributed by atoms with E-state index in [4.69, 9.17) is 14.6 Å². The van der Waals surface area contributed by atoms with Crippen molar-refractivity contribution in [3.05, 3.63) is 41.7 Å². The van der Waals surface area contributed by atoms with Gasteiger partial charge < -0.3 is 20.1 Å². The molecule has 1 amide bonds. The zero-order chi connectivity index (χ0) is 23.7. The number of rotatable bonds is 3. The molecule has 0 bridgehead atoms. The number of hydrogen-bond donors (Lipinski definition) is 3. The lowest BCUT2D eigenvalue weighted by molar-refractivity contribution is -0.134. The van der Waals surface area contributed by atoms with Gasteiger partial charge in [0, 0.05) is 29.8 Å². The minimum Gasteiger partial charge on any atom is -0.483 e. The summed E-state index contributed by atoms with van der Waals surface area (Å²) in [4.78, 5) is 23.1. The number of amidine groups is 1. The highest BCUT2D eigenvalue weighted by atomic mass is 19.1. The number of halogens is 1. The molecule has 3 N–H and O–H groups in total. The predicted octanol–water partition coefficient (Wildman–Crippen LogP) is 3.89. The van der Waals surface area contributed by atoms with Gasteiger partial charge in [0.15, 0.2) is 5.84 Å². The fraction of sp³-hybridized carbons (Fsp3) is 0.375. The first-order valence-electron chi connectivity index (χ1n) is 10.9. The zero-order valence-corrected chi connectivity index (χ0v) is 18.8. The fourth-order valence-corrected chi connectivity index (χ4v) is 4.03. The molecule has 0 radical (unpaired) electrons. The number of nitrogens with one attached hydrogen (secondary N) is 2. The molecule has 9 heteroatoms. The van der Waals surface area contributed by atoms with E-state index in [1.54, 1.807) is 6.07 Å². The number of fused-ring (bicyclic) bond motifs is 3. The molecule has 1 fully saturated rings. The third kappa shape index (κ3) is 4.62. The number of carbonyl (C=O) groups excluding carboxylic acids is 1. The van der Waals surface area contributed by atoms with Crippen molar-refractivity contribution >= 4 is 29.1 Å². The van der Waals surface area contributed by atoms with Crippen LogP contribution in [0, 0.1) is 12.7 Å². The van der Waals surface area contributed by atoms with Gasteiger partial charge in [0.05, 0.1) is 5.69 Å². The first-order valence-corrected chi connectivity index (χ1v) is 10.9. The van der Waals surface area contributed by atoms with Crippen molar-refractivity contribution in [1.82, 2.24) is 5.43 Å². The van der Waals surface area contributed by atoms with Gasteiger partial charge in [0.1, 0.15) is 24.2 Å². The second-order valence-electron chi connectivity index (χ2n) is 8.48. The Hall–Kier alpha value is -3.62.